The quantitative estimate of drug-likeness (QED) is 0.521. The average molecular weight is 232 g/mol. The summed E-state index contributed by atoms with van der Waals surface area (Å²) in [5, 5.41) is 1.09. The lowest BCUT2D eigenvalue weighted by molar-refractivity contribution is -0.0195. The van der Waals surface area contributed by atoms with Crippen LogP contribution in [0.1, 0.15) is 0 Å². The van der Waals surface area contributed by atoms with Gasteiger partial charge in [0.2, 0.25) is 10.0 Å². The highest BCUT2D eigenvalue weighted by atomic mass is 32.2. The van der Waals surface area contributed by atoms with E-state index in [0.29, 0.717) is 0 Å². The van der Waals surface area contributed by atoms with Crippen molar-refractivity contribution < 1.29 is 22.1 Å². The van der Waals surface area contributed by atoms with Crippen molar-refractivity contribution in [1.29, 1.82) is 0 Å². The van der Waals surface area contributed by atoms with Gasteiger partial charge >= 0.3 is 7.75 Å². The molecule has 0 aromatic carbocycles. The van der Waals surface area contributed by atoms with Gasteiger partial charge in [-0.1, -0.05) is 0 Å². The van der Waals surface area contributed by atoms with Gasteiger partial charge in [0.15, 0.2) is 0 Å². The molecular formula is C4H13N2O5PS. The minimum Gasteiger partial charge on any atom is -0.298 e. The number of rotatable bonds is 5. The zero-order chi connectivity index (χ0) is 10.7. The molecule has 0 amide bonds. The fourth-order valence-electron chi connectivity index (χ4n) is 0.505. The highest BCUT2D eigenvalue weighted by molar-refractivity contribution is 7.94. The van der Waals surface area contributed by atoms with Gasteiger partial charge in [-0.25, -0.2) is 17.6 Å². The van der Waals surface area contributed by atoms with Crippen molar-refractivity contribution >= 4 is 17.8 Å². The summed E-state index contributed by atoms with van der Waals surface area (Å²) in [5.41, 5.74) is 0. The lowest BCUT2D eigenvalue weighted by atomic mass is 11.2. The second-order valence-electron chi connectivity index (χ2n) is 2.44. The largest absolute Gasteiger partial charge is 0.435 e. The van der Waals surface area contributed by atoms with Crippen LogP contribution in [0.25, 0.3) is 0 Å². The molecule has 1 unspecified atom stereocenters. The Bertz CT molecular complexity index is 300. The molecule has 0 aliphatic carbocycles. The zero-order valence-electron chi connectivity index (χ0n) is 7.84. The molecule has 0 aromatic rings. The van der Waals surface area contributed by atoms with Crippen molar-refractivity contribution in [3.05, 3.63) is 0 Å². The topological polar surface area (TPSA) is 84.9 Å². The van der Waals surface area contributed by atoms with Gasteiger partial charge in [0.25, 0.3) is 0 Å². The summed E-state index contributed by atoms with van der Waals surface area (Å²) in [6.45, 7) is 0. The van der Waals surface area contributed by atoms with E-state index in [0.717, 1.165) is 18.4 Å². The molecule has 0 heterocycles. The summed E-state index contributed by atoms with van der Waals surface area (Å²) in [5.74, 6) is 0. The summed E-state index contributed by atoms with van der Waals surface area (Å²) in [6.07, 6.45) is 0.859. The first-order valence-electron chi connectivity index (χ1n) is 3.20. The second kappa shape index (κ2) is 4.50. The van der Waals surface area contributed by atoms with Crippen molar-refractivity contribution in [3.8, 4) is 0 Å². The minimum atomic E-state index is -3.79. The first kappa shape index (κ1) is 13.0. The van der Waals surface area contributed by atoms with E-state index in [-0.39, 0.29) is 0 Å². The van der Waals surface area contributed by atoms with Crippen LogP contribution in [-0.4, -0.2) is 40.9 Å². The SMILES string of the molecule is COP(=O)(NS(C)(=O)=O)ON(C)C. The van der Waals surface area contributed by atoms with Gasteiger partial charge in [0.1, 0.15) is 0 Å². The van der Waals surface area contributed by atoms with Crippen LogP contribution in [0, 0.1) is 0 Å². The van der Waals surface area contributed by atoms with Gasteiger partial charge in [0, 0.05) is 21.2 Å². The summed E-state index contributed by atoms with van der Waals surface area (Å²) >= 11 is 0. The van der Waals surface area contributed by atoms with Crippen molar-refractivity contribution in [1.82, 2.24) is 9.56 Å². The molecule has 0 aliphatic heterocycles. The smallest absolute Gasteiger partial charge is 0.298 e. The minimum absolute atomic E-state index is 0.859. The number of nitrogens with zero attached hydrogens (tertiary/aromatic N) is 1. The van der Waals surface area contributed by atoms with Gasteiger partial charge in [0.05, 0.1) is 6.26 Å². The second-order valence-corrected chi connectivity index (χ2v) is 6.24. The molecule has 0 aliphatic rings. The first-order chi connectivity index (χ1) is 5.68. The highest BCUT2D eigenvalue weighted by Gasteiger charge is 2.29. The Morgan fingerprint density at radius 2 is 1.85 bits per heavy atom. The standard InChI is InChI=1S/C4H13N2O5PS/c1-6(2)11-12(7,10-3)5-13(4,8)9/h1-4H3,(H,5,7). The summed E-state index contributed by atoms with van der Waals surface area (Å²) in [4.78, 5) is 0. The Morgan fingerprint density at radius 1 is 1.38 bits per heavy atom. The van der Waals surface area contributed by atoms with Crippen LogP contribution in [0.15, 0.2) is 0 Å². The molecule has 0 saturated heterocycles. The molecule has 0 rings (SSSR count). The third kappa shape index (κ3) is 6.14. The molecule has 7 nitrogen and oxygen atoms in total. The summed E-state index contributed by atoms with van der Waals surface area (Å²) in [7, 11) is -3.43. The third-order valence-electron chi connectivity index (χ3n) is 0.789. The van der Waals surface area contributed by atoms with Crippen LogP contribution in [0.2, 0.25) is 0 Å². The van der Waals surface area contributed by atoms with E-state index in [4.69, 9.17) is 0 Å². The van der Waals surface area contributed by atoms with Crippen LogP contribution >= 0.6 is 7.75 Å². The lowest BCUT2D eigenvalue weighted by Gasteiger charge is -2.18. The number of hydrogen-bond acceptors (Lipinski definition) is 6. The Hall–Kier alpha value is 0.0200. The Kier molecular flexibility index (Phi) is 4.50. The molecular weight excluding hydrogens is 219 g/mol. The average Bonchev–Trinajstić information content (AvgIpc) is 1.81. The Labute approximate surface area is 77.6 Å². The van der Waals surface area contributed by atoms with Crippen molar-refractivity contribution in [2.45, 2.75) is 0 Å². The number of hydrogen-bond donors (Lipinski definition) is 1. The lowest BCUT2D eigenvalue weighted by Crippen LogP contribution is -2.24. The predicted molar refractivity (Wildman–Crippen MR) is 47.4 cm³/mol. The van der Waals surface area contributed by atoms with Crippen LogP contribution in [0.5, 0.6) is 0 Å². The van der Waals surface area contributed by atoms with Crippen molar-refractivity contribution in [2.75, 3.05) is 27.5 Å². The van der Waals surface area contributed by atoms with Crippen molar-refractivity contribution in [3.63, 3.8) is 0 Å². The van der Waals surface area contributed by atoms with E-state index in [1.807, 2.05) is 0 Å². The molecule has 0 radical (unpaired) electrons. The maximum Gasteiger partial charge on any atom is 0.435 e. The normalized spacial score (nSPS) is 17.3. The van der Waals surface area contributed by atoms with Gasteiger partial charge in [-0.3, -0.25) is 4.52 Å². The molecule has 80 valence electrons. The third-order valence-corrected chi connectivity index (χ3v) is 4.03. The van der Waals surface area contributed by atoms with Crippen LogP contribution in [0.3, 0.4) is 0 Å². The molecule has 0 aromatic heterocycles. The summed E-state index contributed by atoms with van der Waals surface area (Å²) < 4.78 is 43.7. The van der Waals surface area contributed by atoms with E-state index >= 15 is 0 Å². The van der Waals surface area contributed by atoms with E-state index in [2.05, 4.69) is 9.15 Å². The van der Waals surface area contributed by atoms with Gasteiger partial charge in [-0.15, -0.1) is 4.49 Å². The van der Waals surface area contributed by atoms with E-state index in [9.17, 15) is 13.0 Å². The Morgan fingerprint density at radius 3 is 2.08 bits per heavy atom. The Balaban J connectivity index is 4.57. The highest BCUT2D eigenvalue weighted by Crippen LogP contribution is 2.43. The van der Waals surface area contributed by atoms with Gasteiger partial charge in [-0.2, -0.15) is 5.06 Å². The monoisotopic (exact) mass is 232 g/mol. The van der Waals surface area contributed by atoms with Crippen LogP contribution in [-0.2, 0) is 23.7 Å². The fourth-order valence-corrected chi connectivity index (χ4v) is 3.06. The molecule has 0 bridgehead atoms. The fraction of sp³-hybridized carbons (Fsp3) is 1.00. The molecule has 0 spiro atoms. The molecule has 9 heteroatoms. The first-order valence-corrected chi connectivity index (χ1v) is 6.64. The predicted octanol–water partition coefficient (Wildman–Crippen LogP) is -0.217. The maximum absolute atomic E-state index is 11.4. The molecule has 0 fully saturated rings. The van der Waals surface area contributed by atoms with E-state index in [1.165, 1.54) is 14.1 Å². The summed E-state index contributed by atoms with van der Waals surface area (Å²) in [6, 6.07) is 0. The number of nitrogens with one attached hydrogen (secondary N) is 1. The van der Waals surface area contributed by atoms with E-state index in [1.54, 1.807) is 4.49 Å². The van der Waals surface area contributed by atoms with Gasteiger partial charge in [-0.05, 0) is 0 Å². The van der Waals surface area contributed by atoms with E-state index < -0.39 is 17.8 Å². The maximum atomic E-state index is 11.4. The zero-order valence-corrected chi connectivity index (χ0v) is 9.55. The molecule has 1 atom stereocenters. The number of hydroxylamine groups is 2. The number of sulfonamides is 1. The van der Waals surface area contributed by atoms with Crippen LogP contribution < -0.4 is 4.49 Å². The van der Waals surface area contributed by atoms with Crippen LogP contribution in [0.4, 0.5) is 0 Å². The van der Waals surface area contributed by atoms with Gasteiger partial charge < -0.3 is 0 Å². The molecule has 0 saturated carbocycles. The molecule has 1 N–H and O–H groups in total. The van der Waals surface area contributed by atoms with Crippen molar-refractivity contribution in [2.24, 2.45) is 0 Å². The molecule has 13 heavy (non-hydrogen) atoms.